The number of carbonyl (C=O) groups is 3. The molecule has 25 heavy (non-hydrogen) atoms. The first-order chi connectivity index (χ1) is 12.0. The number of rotatable bonds is 5. The molecule has 0 aromatic heterocycles. The zero-order valence-corrected chi connectivity index (χ0v) is 15.3. The molecule has 1 aromatic carbocycles. The van der Waals surface area contributed by atoms with Crippen molar-refractivity contribution in [3.8, 4) is 0 Å². The molecule has 3 amide bonds. The van der Waals surface area contributed by atoms with Crippen LogP contribution in [0.3, 0.4) is 0 Å². The zero-order chi connectivity index (χ0) is 18.0. The Bertz CT molecular complexity index is 684. The lowest BCUT2D eigenvalue weighted by atomic mass is 9.81. The van der Waals surface area contributed by atoms with E-state index in [4.69, 9.17) is 23.2 Å². The molecule has 1 aromatic rings. The number of hydrogen-bond acceptors (Lipinski definition) is 3. The molecule has 1 aliphatic carbocycles. The van der Waals surface area contributed by atoms with E-state index in [0.717, 1.165) is 31.2 Å². The summed E-state index contributed by atoms with van der Waals surface area (Å²) in [4.78, 5) is 38.0. The lowest BCUT2D eigenvalue weighted by molar-refractivity contribution is -0.140. The van der Waals surface area contributed by atoms with Crippen molar-refractivity contribution < 1.29 is 14.4 Å². The first-order valence-corrected chi connectivity index (χ1v) is 9.29. The minimum absolute atomic E-state index is 0.0993. The molecule has 2 fully saturated rings. The maximum absolute atomic E-state index is 12.4. The van der Waals surface area contributed by atoms with Crippen LogP contribution >= 0.6 is 23.2 Å². The number of amides is 3. The van der Waals surface area contributed by atoms with E-state index in [1.165, 1.54) is 4.90 Å². The Kier molecular flexibility index (Phi) is 5.64. The Morgan fingerprint density at radius 1 is 1.12 bits per heavy atom. The van der Waals surface area contributed by atoms with Gasteiger partial charge < -0.3 is 5.32 Å². The van der Waals surface area contributed by atoms with Crippen LogP contribution in [0.15, 0.2) is 18.2 Å². The number of hydrogen-bond donors (Lipinski definition) is 1. The van der Waals surface area contributed by atoms with Gasteiger partial charge in [0.25, 0.3) is 0 Å². The second-order valence-electron chi connectivity index (χ2n) is 6.59. The number of benzene rings is 1. The van der Waals surface area contributed by atoms with Crippen molar-refractivity contribution in [2.45, 2.75) is 38.6 Å². The second kappa shape index (κ2) is 7.75. The van der Waals surface area contributed by atoms with E-state index in [0.29, 0.717) is 10.0 Å². The van der Waals surface area contributed by atoms with Gasteiger partial charge in [-0.3, -0.25) is 19.3 Å². The summed E-state index contributed by atoms with van der Waals surface area (Å²) in [6.07, 6.45) is 3.66. The summed E-state index contributed by atoms with van der Waals surface area (Å²) in [6.45, 7) is 0.423. The summed E-state index contributed by atoms with van der Waals surface area (Å²) >= 11 is 11.9. The van der Waals surface area contributed by atoms with Crippen molar-refractivity contribution in [2.24, 2.45) is 11.8 Å². The Labute approximate surface area is 156 Å². The SMILES string of the molecule is O=C(CCN1C(=O)C2CCCCC2C1=O)NCc1ccc(Cl)cc1Cl. The third-order valence-corrected chi connectivity index (χ3v) is 5.57. The van der Waals surface area contributed by atoms with E-state index in [2.05, 4.69) is 5.32 Å². The summed E-state index contributed by atoms with van der Waals surface area (Å²) < 4.78 is 0. The van der Waals surface area contributed by atoms with Crippen LogP contribution < -0.4 is 5.32 Å². The summed E-state index contributed by atoms with van der Waals surface area (Å²) in [5.74, 6) is -0.776. The van der Waals surface area contributed by atoms with Gasteiger partial charge in [-0.15, -0.1) is 0 Å². The number of likely N-dealkylation sites (tertiary alicyclic amines) is 1. The standard InChI is InChI=1S/C18H20Cl2N2O3/c19-12-6-5-11(15(20)9-12)10-21-16(23)7-8-22-17(24)13-3-1-2-4-14(13)18(22)25/h5-6,9,13-14H,1-4,7-8,10H2,(H,21,23). The first kappa shape index (κ1) is 18.2. The average molecular weight is 383 g/mol. The van der Waals surface area contributed by atoms with Crippen LogP contribution in [0.5, 0.6) is 0 Å². The Balaban J connectivity index is 1.50. The highest BCUT2D eigenvalue weighted by atomic mass is 35.5. The number of carbonyl (C=O) groups excluding carboxylic acids is 3. The molecule has 3 rings (SSSR count). The minimum Gasteiger partial charge on any atom is -0.352 e. The summed E-state index contributed by atoms with van der Waals surface area (Å²) in [7, 11) is 0. The number of nitrogens with zero attached hydrogens (tertiary/aromatic N) is 1. The topological polar surface area (TPSA) is 66.5 Å². The molecule has 1 N–H and O–H groups in total. The molecule has 0 spiro atoms. The van der Waals surface area contributed by atoms with Crippen molar-refractivity contribution in [1.82, 2.24) is 10.2 Å². The predicted octanol–water partition coefficient (Wildman–Crippen LogP) is 3.17. The number of imide groups is 1. The normalized spacial score (nSPS) is 22.9. The van der Waals surface area contributed by atoms with Gasteiger partial charge in [0.05, 0.1) is 11.8 Å². The maximum Gasteiger partial charge on any atom is 0.233 e. The van der Waals surface area contributed by atoms with Crippen LogP contribution in [-0.2, 0) is 20.9 Å². The first-order valence-electron chi connectivity index (χ1n) is 8.53. The van der Waals surface area contributed by atoms with Gasteiger partial charge in [-0.25, -0.2) is 0 Å². The molecule has 5 nitrogen and oxygen atoms in total. The Morgan fingerprint density at radius 3 is 2.36 bits per heavy atom. The average Bonchev–Trinajstić information content (AvgIpc) is 2.84. The fourth-order valence-corrected chi connectivity index (χ4v) is 4.09. The summed E-state index contributed by atoms with van der Waals surface area (Å²) in [5.41, 5.74) is 0.763. The van der Waals surface area contributed by atoms with Crippen molar-refractivity contribution in [1.29, 1.82) is 0 Å². The molecule has 2 unspecified atom stereocenters. The second-order valence-corrected chi connectivity index (χ2v) is 7.43. The number of nitrogens with one attached hydrogen (secondary N) is 1. The van der Waals surface area contributed by atoms with E-state index in [9.17, 15) is 14.4 Å². The Hall–Kier alpha value is -1.59. The molecular weight excluding hydrogens is 363 g/mol. The summed E-state index contributed by atoms with van der Waals surface area (Å²) in [5, 5.41) is 3.78. The Morgan fingerprint density at radius 2 is 1.76 bits per heavy atom. The van der Waals surface area contributed by atoms with Crippen molar-refractivity contribution in [2.75, 3.05) is 6.54 Å². The third kappa shape index (κ3) is 3.98. The van der Waals surface area contributed by atoms with Crippen molar-refractivity contribution in [3.63, 3.8) is 0 Å². The third-order valence-electron chi connectivity index (χ3n) is 4.99. The van der Waals surface area contributed by atoms with E-state index in [1.54, 1.807) is 18.2 Å². The van der Waals surface area contributed by atoms with Gasteiger partial charge in [-0.2, -0.15) is 0 Å². The molecular formula is C18H20Cl2N2O3. The lowest BCUT2D eigenvalue weighted by Gasteiger charge is -2.19. The highest BCUT2D eigenvalue weighted by Crippen LogP contribution is 2.37. The van der Waals surface area contributed by atoms with Gasteiger partial charge in [-0.1, -0.05) is 42.1 Å². The summed E-state index contributed by atoms with van der Waals surface area (Å²) in [6, 6.07) is 5.08. The van der Waals surface area contributed by atoms with E-state index in [-0.39, 0.29) is 49.1 Å². The van der Waals surface area contributed by atoms with Gasteiger partial charge in [0.1, 0.15) is 0 Å². The van der Waals surface area contributed by atoms with E-state index >= 15 is 0 Å². The maximum atomic E-state index is 12.4. The van der Waals surface area contributed by atoms with Crippen molar-refractivity contribution in [3.05, 3.63) is 33.8 Å². The molecule has 0 bridgehead atoms. The van der Waals surface area contributed by atoms with E-state index < -0.39 is 0 Å². The van der Waals surface area contributed by atoms with Crippen LogP contribution in [0, 0.1) is 11.8 Å². The van der Waals surface area contributed by atoms with Crippen LogP contribution in [0.1, 0.15) is 37.7 Å². The van der Waals surface area contributed by atoms with Gasteiger partial charge in [-0.05, 0) is 30.5 Å². The fraction of sp³-hybridized carbons (Fsp3) is 0.500. The largest absolute Gasteiger partial charge is 0.352 e. The quantitative estimate of drug-likeness (QED) is 0.795. The van der Waals surface area contributed by atoms with E-state index in [1.807, 2.05) is 0 Å². The van der Waals surface area contributed by atoms with Crippen LogP contribution in [0.4, 0.5) is 0 Å². The van der Waals surface area contributed by atoms with Gasteiger partial charge in [0.2, 0.25) is 17.7 Å². The van der Waals surface area contributed by atoms with Crippen LogP contribution in [0.2, 0.25) is 10.0 Å². The lowest BCUT2D eigenvalue weighted by Crippen LogP contribution is -2.35. The molecule has 0 radical (unpaired) electrons. The molecule has 134 valence electrons. The predicted molar refractivity (Wildman–Crippen MR) is 95.1 cm³/mol. The number of halogens is 2. The van der Waals surface area contributed by atoms with Gasteiger partial charge in [0, 0.05) is 29.6 Å². The fourth-order valence-electron chi connectivity index (χ4n) is 3.61. The van der Waals surface area contributed by atoms with Crippen LogP contribution in [-0.4, -0.2) is 29.2 Å². The molecule has 2 atom stereocenters. The van der Waals surface area contributed by atoms with Crippen LogP contribution in [0.25, 0.3) is 0 Å². The molecule has 1 heterocycles. The highest BCUT2D eigenvalue weighted by Gasteiger charge is 2.47. The molecule has 1 saturated heterocycles. The molecule has 1 saturated carbocycles. The minimum atomic E-state index is -0.221. The molecule has 2 aliphatic rings. The smallest absolute Gasteiger partial charge is 0.233 e. The number of fused-ring (bicyclic) bond motifs is 1. The zero-order valence-electron chi connectivity index (χ0n) is 13.8. The molecule has 1 aliphatic heterocycles. The molecule has 7 heteroatoms. The van der Waals surface area contributed by atoms with Gasteiger partial charge >= 0.3 is 0 Å². The monoisotopic (exact) mass is 382 g/mol. The highest BCUT2D eigenvalue weighted by molar-refractivity contribution is 6.35. The van der Waals surface area contributed by atoms with Crippen molar-refractivity contribution >= 4 is 40.9 Å². The van der Waals surface area contributed by atoms with Gasteiger partial charge in [0.15, 0.2) is 0 Å².